The number of carbonyl (C=O) groups excluding carboxylic acids is 1. The highest BCUT2D eigenvalue weighted by Gasteiger charge is 2.26. The Morgan fingerprint density at radius 2 is 2.12 bits per heavy atom. The van der Waals surface area contributed by atoms with E-state index in [1.165, 1.54) is 16.7 Å². The minimum Gasteiger partial charge on any atom is -0.289 e. The van der Waals surface area contributed by atoms with Crippen LogP contribution < -0.4 is 0 Å². The van der Waals surface area contributed by atoms with Crippen LogP contribution in [0.5, 0.6) is 0 Å². The molecule has 1 aromatic rings. The van der Waals surface area contributed by atoms with Gasteiger partial charge in [-0.25, -0.2) is 4.99 Å². The summed E-state index contributed by atoms with van der Waals surface area (Å²) in [5, 5.41) is 1.32. The summed E-state index contributed by atoms with van der Waals surface area (Å²) >= 11 is 7.48. The van der Waals surface area contributed by atoms with Gasteiger partial charge in [-0.3, -0.25) is 9.69 Å². The maximum Gasteiger partial charge on any atom is 0.278 e. The second-order valence-corrected chi connectivity index (χ2v) is 4.69. The van der Waals surface area contributed by atoms with E-state index >= 15 is 0 Å². The van der Waals surface area contributed by atoms with Crippen molar-refractivity contribution < 1.29 is 4.79 Å². The second kappa shape index (κ2) is 4.94. The van der Waals surface area contributed by atoms with E-state index in [0.29, 0.717) is 15.9 Å². The molecule has 5 heteroatoms. The van der Waals surface area contributed by atoms with Gasteiger partial charge >= 0.3 is 0 Å². The van der Waals surface area contributed by atoms with E-state index in [-0.39, 0.29) is 5.91 Å². The van der Waals surface area contributed by atoms with Crippen molar-refractivity contribution in [2.24, 2.45) is 4.99 Å². The SMILES string of the molecule is CSC1=N/C(=C\c2ccccc2Cl)C(=O)N1C. The van der Waals surface area contributed by atoms with Crippen LogP contribution in [0.25, 0.3) is 6.08 Å². The Labute approximate surface area is 109 Å². The number of hydrogen-bond donors (Lipinski definition) is 0. The van der Waals surface area contributed by atoms with E-state index < -0.39 is 0 Å². The van der Waals surface area contributed by atoms with E-state index in [4.69, 9.17) is 11.6 Å². The lowest BCUT2D eigenvalue weighted by atomic mass is 10.2. The van der Waals surface area contributed by atoms with E-state index in [9.17, 15) is 4.79 Å². The number of nitrogens with zero attached hydrogens (tertiary/aromatic N) is 2. The Bertz CT molecular complexity index is 525. The molecule has 88 valence electrons. The fraction of sp³-hybridized carbons (Fsp3) is 0.167. The molecule has 0 aliphatic carbocycles. The quantitative estimate of drug-likeness (QED) is 0.732. The second-order valence-electron chi connectivity index (χ2n) is 3.51. The summed E-state index contributed by atoms with van der Waals surface area (Å²) in [5.74, 6) is -0.103. The third-order valence-electron chi connectivity index (χ3n) is 2.41. The highest BCUT2D eigenvalue weighted by Crippen LogP contribution is 2.24. The van der Waals surface area contributed by atoms with Gasteiger partial charge in [-0.15, -0.1) is 0 Å². The molecular weight excluding hydrogens is 256 g/mol. The molecule has 0 spiro atoms. The Balaban J connectivity index is 2.39. The fourth-order valence-electron chi connectivity index (χ4n) is 1.50. The third kappa shape index (κ3) is 2.37. The first-order chi connectivity index (χ1) is 8.13. The Hall–Kier alpha value is -1.26. The summed E-state index contributed by atoms with van der Waals surface area (Å²) in [5.41, 5.74) is 1.22. The average molecular weight is 267 g/mol. The number of thioether (sulfide) groups is 1. The van der Waals surface area contributed by atoms with Crippen molar-refractivity contribution in [2.45, 2.75) is 0 Å². The average Bonchev–Trinajstić information content (AvgIpc) is 2.60. The molecule has 0 bridgehead atoms. The number of carbonyl (C=O) groups is 1. The van der Waals surface area contributed by atoms with Gasteiger partial charge in [0.05, 0.1) is 0 Å². The van der Waals surface area contributed by atoms with Crippen LogP contribution in [-0.2, 0) is 4.79 Å². The number of rotatable bonds is 1. The Morgan fingerprint density at radius 1 is 1.41 bits per heavy atom. The van der Waals surface area contributed by atoms with Gasteiger partial charge in [0, 0.05) is 12.1 Å². The van der Waals surface area contributed by atoms with Gasteiger partial charge in [-0.1, -0.05) is 41.6 Å². The van der Waals surface area contributed by atoms with Gasteiger partial charge in [0.15, 0.2) is 5.17 Å². The molecule has 0 aromatic heterocycles. The largest absolute Gasteiger partial charge is 0.289 e. The summed E-state index contributed by atoms with van der Waals surface area (Å²) in [7, 11) is 1.71. The summed E-state index contributed by atoms with van der Waals surface area (Å²) < 4.78 is 0. The van der Waals surface area contributed by atoms with Gasteiger partial charge in [-0.05, 0) is 24.0 Å². The van der Waals surface area contributed by atoms with Crippen molar-refractivity contribution in [3.05, 3.63) is 40.5 Å². The predicted octanol–water partition coefficient (Wildman–Crippen LogP) is 2.87. The molecule has 1 aliphatic heterocycles. The molecule has 0 radical (unpaired) electrons. The van der Waals surface area contributed by atoms with Crippen LogP contribution in [0.15, 0.2) is 35.0 Å². The summed E-state index contributed by atoms with van der Waals surface area (Å²) in [6.45, 7) is 0. The minimum atomic E-state index is -0.103. The zero-order chi connectivity index (χ0) is 12.4. The highest BCUT2D eigenvalue weighted by atomic mass is 35.5. The Morgan fingerprint density at radius 3 is 2.71 bits per heavy atom. The maximum atomic E-state index is 11.9. The normalized spacial score (nSPS) is 17.8. The summed E-state index contributed by atoms with van der Waals surface area (Å²) in [6.07, 6.45) is 3.60. The van der Waals surface area contributed by atoms with Gasteiger partial charge < -0.3 is 0 Å². The highest BCUT2D eigenvalue weighted by molar-refractivity contribution is 8.13. The number of aliphatic imine (C=N–C) groups is 1. The molecule has 1 amide bonds. The van der Waals surface area contributed by atoms with Crippen LogP contribution in [0.4, 0.5) is 0 Å². The van der Waals surface area contributed by atoms with Crippen molar-refractivity contribution in [3.63, 3.8) is 0 Å². The molecular formula is C12H11ClN2OS. The van der Waals surface area contributed by atoms with Crippen molar-refractivity contribution in [2.75, 3.05) is 13.3 Å². The smallest absolute Gasteiger partial charge is 0.278 e. The zero-order valence-corrected chi connectivity index (χ0v) is 11.0. The van der Waals surface area contributed by atoms with Crippen LogP contribution in [-0.4, -0.2) is 29.3 Å². The lowest BCUT2D eigenvalue weighted by Gasteiger charge is -2.07. The van der Waals surface area contributed by atoms with E-state index in [2.05, 4.69) is 4.99 Å². The fourth-order valence-corrected chi connectivity index (χ4v) is 2.24. The first kappa shape index (κ1) is 12.2. The molecule has 17 heavy (non-hydrogen) atoms. The van der Waals surface area contributed by atoms with Crippen molar-refractivity contribution in [1.29, 1.82) is 0 Å². The molecule has 0 saturated heterocycles. The molecule has 0 unspecified atom stereocenters. The molecule has 0 fully saturated rings. The standard InChI is InChI=1S/C12H11ClN2OS/c1-15-11(16)10(14-12(15)17-2)7-8-5-3-4-6-9(8)13/h3-7H,1-2H3/b10-7-. The van der Waals surface area contributed by atoms with Crippen LogP contribution in [0.3, 0.4) is 0 Å². The van der Waals surface area contributed by atoms with Crippen LogP contribution in [0, 0.1) is 0 Å². The number of amidine groups is 1. The number of amides is 1. The first-order valence-corrected chi connectivity index (χ1v) is 6.60. The molecule has 1 aliphatic rings. The molecule has 1 heterocycles. The van der Waals surface area contributed by atoms with Crippen LogP contribution in [0.1, 0.15) is 5.56 Å². The van der Waals surface area contributed by atoms with E-state index in [1.54, 1.807) is 19.2 Å². The lowest BCUT2D eigenvalue weighted by molar-refractivity contribution is -0.121. The van der Waals surface area contributed by atoms with Crippen molar-refractivity contribution in [3.8, 4) is 0 Å². The van der Waals surface area contributed by atoms with Gasteiger partial charge in [0.25, 0.3) is 5.91 Å². The Kier molecular flexibility index (Phi) is 3.54. The molecule has 0 atom stereocenters. The number of likely N-dealkylation sites (N-methyl/N-ethyl adjacent to an activating group) is 1. The first-order valence-electron chi connectivity index (χ1n) is 5.00. The van der Waals surface area contributed by atoms with E-state index in [1.807, 2.05) is 24.5 Å². The number of halogens is 1. The zero-order valence-electron chi connectivity index (χ0n) is 9.48. The molecule has 0 N–H and O–H groups in total. The molecule has 0 saturated carbocycles. The van der Waals surface area contributed by atoms with Gasteiger partial charge in [0.1, 0.15) is 5.70 Å². The topological polar surface area (TPSA) is 32.7 Å². The molecule has 1 aromatic carbocycles. The van der Waals surface area contributed by atoms with Crippen molar-refractivity contribution >= 4 is 40.5 Å². The maximum absolute atomic E-state index is 11.9. The monoisotopic (exact) mass is 266 g/mol. The summed E-state index contributed by atoms with van der Waals surface area (Å²) in [4.78, 5) is 17.7. The lowest BCUT2D eigenvalue weighted by Crippen LogP contribution is -2.25. The van der Waals surface area contributed by atoms with Gasteiger partial charge in [-0.2, -0.15) is 0 Å². The van der Waals surface area contributed by atoms with Crippen molar-refractivity contribution in [1.82, 2.24) is 4.90 Å². The molecule has 3 nitrogen and oxygen atoms in total. The van der Waals surface area contributed by atoms with E-state index in [0.717, 1.165) is 5.56 Å². The van der Waals surface area contributed by atoms with Crippen LogP contribution >= 0.6 is 23.4 Å². The third-order valence-corrected chi connectivity index (χ3v) is 3.48. The number of benzene rings is 1. The minimum absolute atomic E-state index is 0.103. The number of hydrogen-bond acceptors (Lipinski definition) is 3. The summed E-state index contributed by atoms with van der Waals surface area (Å²) in [6, 6.07) is 7.37. The predicted molar refractivity (Wildman–Crippen MR) is 73.1 cm³/mol. The molecule has 2 rings (SSSR count). The van der Waals surface area contributed by atoms with Crippen LogP contribution in [0.2, 0.25) is 5.02 Å². The van der Waals surface area contributed by atoms with Gasteiger partial charge in [0.2, 0.25) is 0 Å².